The van der Waals surface area contributed by atoms with Crippen molar-refractivity contribution in [2.75, 3.05) is 24.7 Å². The van der Waals surface area contributed by atoms with Crippen LogP contribution in [0.25, 0.3) is 0 Å². The Morgan fingerprint density at radius 2 is 2.11 bits per heavy atom. The molecule has 0 unspecified atom stereocenters. The van der Waals surface area contributed by atoms with Gasteiger partial charge in [-0.2, -0.15) is 0 Å². The van der Waals surface area contributed by atoms with Crippen molar-refractivity contribution in [1.82, 2.24) is 0 Å². The minimum absolute atomic E-state index is 0.00651. The van der Waals surface area contributed by atoms with Gasteiger partial charge < -0.3 is 21.5 Å². The molecule has 0 atom stereocenters. The van der Waals surface area contributed by atoms with Gasteiger partial charge in [-0.15, -0.1) is 0 Å². The van der Waals surface area contributed by atoms with E-state index in [1.165, 1.54) is 13.2 Å². The average Bonchev–Trinajstić information content (AvgIpc) is 2.35. The van der Waals surface area contributed by atoms with Crippen LogP contribution in [-0.4, -0.2) is 25.5 Å². The first-order valence-corrected chi connectivity index (χ1v) is 5.65. The fourth-order valence-corrected chi connectivity index (χ4v) is 1.50. The van der Waals surface area contributed by atoms with Crippen LogP contribution in [0.15, 0.2) is 12.1 Å². The Labute approximate surface area is 109 Å². The number of nitrogens with one attached hydrogen (secondary N) is 1. The molecule has 0 saturated carbocycles. The zero-order valence-corrected chi connectivity index (χ0v) is 10.5. The van der Waals surface area contributed by atoms with E-state index in [1.807, 2.05) is 0 Å². The second-order valence-corrected chi connectivity index (χ2v) is 3.91. The van der Waals surface area contributed by atoms with Crippen molar-refractivity contribution in [3.8, 4) is 0 Å². The zero-order chi connectivity index (χ0) is 14.4. The maximum atomic E-state index is 13.6. The molecular weight excluding hydrogens is 253 g/mol. The third-order valence-corrected chi connectivity index (χ3v) is 2.46. The summed E-state index contributed by atoms with van der Waals surface area (Å²) in [5.41, 5.74) is 10.7. The number of esters is 1. The molecule has 1 aromatic rings. The van der Waals surface area contributed by atoms with Gasteiger partial charge in [-0.3, -0.25) is 4.79 Å². The number of primary amides is 1. The highest BCUT2D eigenvalue weighted by Crippen LogP contribution is 2.22. The summed E-state index contributed by atoms with van der Waals surface area (Å²) in [5, 5.41) is 2.77. The molecule has 0 aliphatic rings. The molecule has 6 nitrogen and oxygen atoms in total. The highest BCUT2D eigenvalue weighted by molar-refractivity contribution is 5.96. The van der Waals surface area contributed by atoms with Crippen LogP contribution in [0.5, 0.6) is 0 Å². The van der Waals surface area contributed by atoms with E-state index < -0.39 is 17.7 Å². The molecule has 0 aliphatic carbocycles. The molecule has 0 aromatic heterocycles. The number of carbonyl (C=O) groups excluding carboxylic acids is 2. The second kappa shape index (κ2) is 6.58. The maximum Gasteiger partial charge on any atom is 0.340 e. The Kier molecular flexibility index (Phi) is 5.11. The molecule has 0 aliphatic heterocycles. The quantitative estimate of drug-likeness (QED) is 0.403. The molecule has 1 amide bonds. The molecule has 5 N–H and O–H groups in total. The van der Waals surface area contributed by atoms with Crippen LogP contribution in [-0.2, 0) is 9.53 Å². The third kappa shape index (κ3) is 4.13. The highest BCUT2D eigenvalue weighted by atomic mass is 19.1. The van der Waals surface area contributed by atoms with Crippen LogP contribution < -0.4 is 16.8 Å². The molecular formula is C12H16FN3O3. The molecule has 0 fully saturated rings. The number of halogens is 1. The average molecular weight is 269 g/mol. The summed E-state index contributed by atoms with van der Waals surface area (Å²) < 4.78 is 18.1. The molecule has 0 saturated heterocycles. The lowest BCUT2D eigenvalue weighted by molar-refractivity contribution is -0.118. The predicted molar refractivity (Wildman–Crippen MR) is 69.1 cm³/mol. The lowest BCUT2D eigenvalue weighted by atomic mass is 10.1. The topological polar surface area (TPSA) is 107 Å². The SMILES string of the molecule is COC(=O)c1cc(NCCCC(N)=O)c(F)cc1N. The number of benzene rings is 1. The summed E-state index contributed by atoms with van der Waals surface area (Å²) in [6, 6.07) is 2.32. The number of anilines is 2. The van der Waals surface area contributed by atoms with Gasteiger partial charge in [0.1, 0.15) is 5.82 Å². The Morgan fingerprint density at radius 3 is 2.68 bits per heavy atom. The normalized spacial score (nSPS) is 10.0. The first kappa shape index (κ1) is 14.7. The van der Waals surface area contributed by atoms with Crippen LogP contribution in [0.4, 0.5) is 15.8 Å². The van der Waals surface area contributed by atoms with E-state index in [-0.39, 0.29) is 23.4 Å². The van der Waals surface area contributed by atoms with Crippen LogP contribution in [0.1, 0.15) is 23.2 Å². The minimum Gasteiger partial charge on any atom is -0.465 e. The summed E-state index contributed by atoms with van der Waals surface area (Å²) in [5.74, 6) is -1.64. The van der Waals surface area contributed by atoms with E-state index in [2.05, 4.69) is 10.1 Å². The molecule has 19 heavy (non-hydrogen) atoms. The lowest BCUT2D eigenvalue weighted by Gasteiger charge is -2.10. The van der Waals surface area contributed by atoms with Crippen molar-refractivity contribution in [2.45, 2.75) is 12.8 Å². The largest absolute Gasteiger partial charge is 0.465 e. The van der Waals surface area contributed by atoms with Crippen LogP contribution in [0, 0.1) is 5.82 Å². The number of ether oxygens (including phenoxy) is 1. The van der Waals surface area contributed by atoms with E-state index in [0.29, 0.717) is 13.0 Å². The van der Waals surface area contributed by atoms with Gasteiger partial charge in [-0.25, -0.2) is 9.18 Å². The van der Waals surface area contributed by atoms with Gasteiger partial charge in [0.15, 0.2) is 0 Å². The number of hydrogen-bond donors (Lipinski definition) is 3. The van der Waals surface area contributed by atoms with Crippen LogP contribution in [0.2, 0.25) is 0 Å². The number of methoxy groups -OCH3 is 1. The molecule has 0 bridgehead atoms. The second-order valence-electron chi connectivity index (χ2n) is 3.91. The Hall–Kier alpha value is -2.31. The number of rotatable bonds is 6. The molecule has 0 heterocycles. The number of nitrogens with two attached hydrogens (primary N) is 2. The summed E-state index contributed by atoms with van der Waals surface area (Å²) in [6.07, 6.45) is 0.667. The number of amides is 1. The van der Waals surface area contributed by atoms with Crippen molar-refractivity contribution in [1.29, 1.82) is 0 Å². The minimum atomic E-state index is -0.641. The van der Waals surface area contributed by atoms with Crippen molar-refractivity contribution in [3.05, 3.63) is 23.5 Å². The standard InChI is InChI=1S/C12H16FN3O3/c1-19-12(18)7-5-10(8(13)6-9(7)14)16-4-2-3-11(15)17/h5-6,16H,2-4,14H2,1H3,(H2,15,17). The number of nitrogen functional groups attached to an aromatic ring is 1. The number of carbonyl (C=O) groups is 2. The Bertz CT molecular complexity index is 491. The van der Waals surface area contributed by atoms with Gasteiger partial charge in [-0.1, -0.05) is 0 Å². The predicted octanol–water partition coefficient (Wildman–Crippen LogP) is 0.872. The summed E-state index contributed by atoms with van der Waals surface area (Å²) in [7, 11) is 1.21. The summed E-state index contributed by atoms with van der Waals surface area (Å²) in [6.45, 7) is 0.352. The van der Waals surface area contributed by atoms with E-state index in [0.717, 1.165) is 6.07 Å². The first-order chi connectivity index (χ1) is 8.95. The van der Waals surface area contributed by atoms with Gasteiger partial charge in [0.2, 0.25) is 5.91 Å². The van der Waals surface area contributed by atoms with E-state index in [4.69, 9.17) is 11.5 Å². The van der Waals surface area contributed by atoms with E-state index in [9.17, 15) is 14.0 Å². The van der Waals surface area contributed by atoms with Gasteiger partial charge in [0, 0.05) is 18.7 Å². The molecule has 1 aromatic carbocycles. The molecule has 1 rings (SSSR count). The Balaban J connectivity index is 2.77. The van der Waals surface area contributed by atoms with E-state index in [1.54, 1.807) is 0 Å². The lowest BCUT2D eigenvalue weighted by Crippen LogP contribution is -2.13. The first-order valence-electron chi connectivity index (χ1n) is 5.65. The van der Waals surface area contributed by atoms with Gasteiger partial charge >= 0.3 is 5.97 Å². The number of hydrogen-bond acceptors (Lipinski definition) is 5. The fourth-order valence-electron chi connectivity index (χ4n) is 1.50. The highest BCUT2D eigenvalue weighted by Gasteiger charge is 2.14. The smallest absolute Gasteiger partial charge is 0.340 e. The summed E-state index contributed by atoms with van der Waals surface area (Å²) >= 11 is 0. The van der Waals surface area contributed by atoms with Crippen molar-refractivity contribution < 1.29 is 18.7 Å². The third-order valence-electron chi connectivity index (χ3n) is 2.46. The van der Waals surface area contributed by atoms with Gasteiger partial charge in [0.05, 0.1) is 18.4 Å². The van der Waals surface area contributed by atoms with Gasteiger partial charge in [0.25, 0.3) is 0 Å². The Morgan fingerprint density at radius 1 is 1.42 bits per heavy atom. The van der Waals surface area contributed by atoms with Crippen molar-refractivity contribution >= 4 is 23.3 Å². The van der Waals surface area contributed by atoms with Gasteiger partial charge in [-0.05, 0) is 18.6 Å². The molecule has 0 spiro atoms. The zero-order valence-electron chi connectivity index (χ0n) is 10.5. The summed E-state index contributed by atoms with van der Waals surface area (Å²) in [4.78, 5) is 22.0. The van der Waals surface area contributed by atoms with Crippen molar-refractivity contribution in [3.63, 3.8) is 0 Å². The van der Waals surface area contributed by atoms with Crippen LogP contribution >= 0.6 is 0 Å². The van der Waals surface area contributed by atoms with E-state index >= 15 is 0 Å². The molecule has 104 valence electrons. The van der Waals surface area contributed by atoms with Crippen molar-refractivity contribution in [2.24, 2.45) is 5.73 Å². The monoisotopic (exact) mass is 269 g/mol. The maximum absolute atomic E-state index is 13.6. The fraction of sp³-hybridized carbons (Fsp3) is 0.333. The molecule has 0 radical (unpaired) electrons. The van der Waals surface area contributed by atoms with Crippen LogP contribution in [0.3, 0.4) is 0 Å². The molecule has 7 heteroatoms.